The van der Waals surface area contributed by atoms with Gasteiger partial charge in [-0.1, -0.05) is 13.8 Å². The van der Waals surface area contributed by atoms with Gasteiger partial charge in [0.2, 0.25) is 0 Å². The van der Waals surface area contributed by atoms with Crippen LogP contribution < -0.4 is 5.73 Å². The summed E-state index contributed by atoms with van der Waals surface area (Å²) in [6.07, 6.45) is 4.39. The SMILES string of the molecule is CCOC(=O)C(C)(N)CCN1CCC(CC)(CC)C1. The summed E-state index contributed by atoms with van der Waals surface area (Å²) < 4.78 is 5.02. The van der Waals surface area contributed by atoms with Gasteiger partial charge in [0, 0.05) is 13.1 Å². The van der Waals surface area contributed by atoms with Crippen LogP contribution in [0.25, 0.3) is 0 Å². The van der Waals surface area contributed by atoms with Crippen molar-refractivity contribution in [1.29, 1.82) is 0 Å². The zero-order chi connectivity index (χ0) is 14.5. The summed E-state index contributed by atoms with van der Waals surface area (Å²) in [6, 6.07) is 0. The molecule has 0 spiro atoms. The molecule has 1 heterocycles. The molecule has 4 heteroatoms. The van der Waals surface area contributed by atoms with Crippen molar-refractivity contribution < 1.29 is 9.53 Å². The van der Waals surface area contributed by atoms with Crippen molar-refractivity contribution in [2.45, 2.75) is 58.9 Å². The first-order chi connectivity index (χ1) is 8.89. The summed E-state index contributed by atoms with van der Waals surface area (Å²) in [5, 5.41) is 0. The van der Waals surface area contributed by atoms with Crippen LogP contribution in [0.1, 0.15) is 53.4 Å². The number of nitrogens with zero attached hydrogens (tertiary/aromatic N) is 1. The highest BCUT2D eigenvalue weighted by Crippen LogP contribution is 2.37. The van der Waals surface area contributed by atoms with Crippen molar-refractivity contribution in [3.63, 3.8) is 0 Å². The second-order valence-corrected chi connectivity index (χ2v) is 6.12. The molecule has 0 aromatic carbocycles. The second kappa shape index (κ2) is 6.71. The molecule has 0 aliphatic carbocycles. The molecule has 1 fully saturated rings. The van der Waals surface area contributed by atoms with Crippen molar-refractivity contribution in [2.24, 2.45) is 11.1 Å². The van der Waals surface area contributed by atoms with Gasteiger partial charge in [-0.15, -0.1) is 0 Å². The minimum absolute atomic E-state index is 0.286. The first-order valence-electron chi connectivity index (χ1n) is 7.57. The molecule has 1 aliphatic heterocycles. The topological polar surface area (TPSA) is 55.6 Å². The molecule has 1 atom stereocenters. The third-order valence-electron chi connectivity index (χ3n) is 4.71. The zero-order valence-corrected chi connectivity index (χ0v) is 13.0. The normalized spacial score (nSPS) is 22.2. The van der Waals surface area contributed by atoms with Crippen molar-refractivity contribution >= 4 is 5.97 Å². The average molecular weight is 270 g/mol. The first kappa shape index (κ1) is 16.4. The van der Waals surface area contributed by atoms with Crippen LogP contribution in [-0.4, -0.2) is 42.6 Å². The minimum Gasteiger partial charge on any atom is -0.465 e. The third kappa shape index (κ3) is 4.18. The van der Waals surface area contributed by atoms with Gasteiger partial charge in [-0.2, -0.15) is 0 Å². The molecule has 0 amide bonds. The maximum atomic E-state index is 11.7. The van der Waals surface area contributed by atoms with Crippen molar-refractivity contribution in [2.75, 3.05) is 26.2 Å². The molecule has 2 N–H and O–H groups in total. The maximum Gasteiger partial charge on any atom is 0.325 e. The molecule has 1 rings (SSSR count). The predicted molar refractivity (Wildman–Crippen MR) is 77.9 cm³/mol. The minimum atomic E-state index is -0.861. The average Bonchev–Trinajstić information content (AvgIpc) is 2.81. The van der Waals surface area contributed by atoms with Crippen LogP contribution in [-0.2, 0) is 9.53 Å². The highest BCUT2D eigenvalue weighted by atomic mass is 16.5. The van der Waals surface area contributed by atoms with Gasteiger partial charge in [-0.3, -0.25) is 4.79 Å². The largest absolute Gasteiger partial charge is 0.465 e. The van der Waals surface area contributed by atoms with E-state index in [0.717, 1.165) is 19.6 Å². The number of carbonyl (C=O) groups is 1. The molecule has 0 saturated carbocycles. The summed E-state index contributed by atoms with van der Waals surface area (Å²) in [5.74, 6) is -0.286. The van der Waals surface area contributed by atoms with Gasteiger partial charge in [0.1, 0.15) is 5.54 Å². The quantitative estimate of drug-likeness (QED) is 0.720. The standard InChI is InChI=1S/C15H30N2O2/c1-5-15(6-2)9-11-17(12-15)10-8-14(4,16)13(18)19-7-3/h5-12,16H2,1-4H3. The molecule has 1 unspecified atom stereocenters. The Morgan fingerprint density at radius 3 is 2.47 bits per heavy atom. The van der Waals surface area contributed by atoms with Crippen molar-refractivity contribution in [3.8, 4) is 0 Å². The van der Waals surface area contributed by atoms with E-state index in [-0.39, 0.29) is 5.97 Å². The van der Waals surface area contributed by atoms with Crippen molar-refractivity contribution in [3.05, 3.63) is 0 Å². The number of ether oxygens (including phenoxy) is 1. The van der Waals surface area contributed by atoms with Gasteiger partial charge >= 0.3 is 5.97 Å². The lowest BCUT2D eigenvalue weighted by molar-refractivity contribution is -0.149. The van der Waals surface area contributed by atoms with Crippen molar-refractivity contribution in [1.82, 2.24) is 4.90 Å². The molecular weight excluding hydrogens is 240 g/mol. The Bertz CT molecular complexity index is 299. The number of hydrogen-bond acceptors (Lipinski definition) is 4. The van der Waals surface area contributed by atoms with Crippen LogP contribution in [0.2, 0.25) is 0 Å². The van der Waals surface area contributed by atoms with E-state index in [2.05, 4.69) is 18.7 Å². The number of esters is 1. The van der Waals surface area contributed by atoms with E-state index in [0.29, 0.717) is 18.4 Å². The maximum absolute atomic E-state index is 11.7. The van der Waals surface area contributed by atoms with Crippen LogP contribution in [0.4, 0.5) is 0 Å². The molecule has 19 heavy (non-hydrogen) atoms. The van der Waals surface area contributed by atoms with E-state index in [9.17, 15) is 4.79 Å². The number of rotatable bonds is 7. The fraction of sp³-hybridized carbons (Fsp3) is 0.933. The number of likely N-dealkylation sites (tertiary alicyclic amines) is 1. The summed E-state index contributed by atoms with van der Waals surface area (Å²) in [5.41, 5.74) is 5.68. The Balaban J connectivity index is 2.44. The summed E-state index contributed by atoms with van der Waals surface area (Å²) in [6.45, 7) is 11.7. The lowest BCUT2D eigenvalue weighted by Crippen LogP contribution is -2.48. The Labute approximate surface area is 117 Å². The van der Waals surface area contributed by atoms with E-state index in [1.165, 1.54) is 19.3 Å². The van der Waals surface area contributed by atoms with Crippen LogP contribution in [0.5, 0.6) is 0 Å². The Morgan fingerprint density at radius 1 is 1.37 bits per heavy atom. The monoisotopic (exact) mass is 270 g/mol. The predicted octanol–water partition coefficient (Wildman–Crippen LogP) is 2.17. The van der Waals surface area contributed by atoms with E-state index >= 15 is 0 Å². The van der Waals surface area contributed by atoms with Crippen LogP contribution >= 0.6 is 0 Å². The van der Waals surface area contributed by atoms with Crippen LogP contribution in [0.15, 0.2) is 0 Å². The van der Waals surface area contributed by atoms with E-state index in [1.54, 1.807) is 6.92 Å². The Kier molecular flexibility index (Phi) is 5.81. The lowest BCUT2D eigenvalue weighted by atomic mass is 9.82. The molecule has 0 aromatic rings. The first-order valence-corrected chi connectivity index (χ1v) is 7.57. The zero-order valence-electron chi connectivity index (χ0n) is 13.0. The molecular formula is C15H30N2O2. The number of nitrogens with two attached hydrogens (primary N) is 1. The van der Waals surface area contributed by atoms with Gasteiger partial charge in [0.15, 0.2) is 0 Å². The Morgan fingerprint density at radius 2 is 2.00 bits per heavy atom. The number of carbonyl (C=O) groups excluding carboxylic acids is 1. The summed E-state index contributed by atoms with van der Waals surface area (Å²) >= 11 is 0. The van der Waals surface area contributed by atoms with Crippen LogP contribution in [0, 0.1) is 5.41 Å². The van der Waals surface area contributed by atoms with Gasteiger partial charge < -0.3 is 15.4 Å². The Hall–Kier alpha value is -0.610. The molecule has 4 nitrogen and oxygen atoms in total. The number of hydrogen-bond donors (Lipinski definition) is 1. The van der Waals surface area contributed by atoms with Gasteiger partial charge in [-0.25, -0.2) is 0 Å². The van der Waals surface area contributed by atoms with E-state index in [1.807, 2.05) is 6.92 Å². The van der Waals surface area contributed by atoms with Gasteiger partial charge in [-0.05, 0) is 51.5 Å². The molecule has 112 valence electrons. The smallest absolute Gasteiger partial charge is 0.325 e. The van der Waals surface area contributed by atoms with E-state index < -0.39 is 5.54 Å². The van der Waals surface area contributed by atoms with E-state index in [4.69, 9.17) is 10.5 Å². The lowest BCUT2D eigenvalue weighted by Gasteiger charge is -2.28. The highest BCUT2D eigenvalue weighted by Gasteiger charge is 2.36. The molecule has 0 aromatic heterocycles. The fourth-order valence-corrected chi connectivity index (χ4v) is 2.83. The van der Waals surface area contributed by atoms with Gasteiger partial charge in [0.05, 0.1) is 6.61 Å². The second-order valence-electron chi connectivity index (χ2n) is 6.12. The third-order valence-corrected chi connectivity index (χ3v) is 4.71. The molecule has 1 aliphatic rings. The molecule has 1 saturated heterocycles. The molecule has 0 radical (unpaired) electrons. The fourth-order valence-electron chi connectivity index (χ4n) is 2.83. The highest BCUT2D eigenvalue weighted by molar-refractivity contribution is 5.79. The van der Waals surface area contributed by atoms with Crippen LogP contribution in [0.3, 0.4) is 0 Å². The summed E-state index contributed by atoms with van der Waals surface area (Å²) in [4.78, 5) is 14.2. The molecule has 0 bridgehead atoms. The summed E-state index contributed by atoms with van der Waals surface area (Å²) in [7, 11) is 0. The van der Waals surface area contributed by atoms with Gasteiger partial charge in [0.25, 0.3) is 0 Å².